The highest BCUT2D eigenvalue weighted by Crippen LogP contribution is 2.28. The molecule has 176 valence electrons. The van der Waals surface area contributed by atoms with Gasteiger partial charge in [0.1, 0.15) is 10.5 Å². The normalized spacial score (nSPS) is 10.9. The number of carbonyl (C=O) groups is 1. The number of methoxy groups -OCH3 is 2. The van der Waals surface area contributed by atoms with Gasteiger partial charge in [-0.2, -0.15) is 0 Å². The third-order valence-electron chi connectivity index (χ3n) is 5.12. The molecule has 1 amide bonds. The van der Waals surface area contributed by atoms with Crippen LogP contribution in [0.25, 0.3) is 15.9 Å². The van der Waals surface area contributed by atoms with E-state index in [1.165, 1.54) is 28.0 Å². The minimum Gasteiger partial charge on any atom is -0.493 e. The fraction of sp³-hybridized carbons (Fsp3) is 0.208. The van der Waals surface area contributed by atoms with Crippen molar-refractivity contribution in [3.05, 3.63) is 75.1 Å². The van der Waals surface area contributed by atoms with Gasteiger partial charge in [-0.1, -0.05) is 17.8 Å². The number of halogens is 1. The monoisotopic (exact) mass is 499 g/mol. The summed E-state index contributed by atoms with van der Waals surface area (Å²) in [6, 6.07) is 11.6. The smallest absolute Gasteiger partial charge is 0.276 e. The number of aromatic nitrogens is 2. The Balaban J connectivity index is 1.53. The number of hydrogen-bond acceptors (Lipinski definition) is 7. The van der Waals surface area contributed by atoms with E-state index in [2.05, 4.69) is 10.3 Å². The number of ether oxygens (including phenoxy) is 2. The first-order chi connectivity index (χ1) is 16.4. The summed E-state index contributed by atoms with van der Waals surface area (Å²) in [7, 11) is 3.11. The number of nitrogens with one attached hydrogen (secondary N) is 1. The standard InChI is InChI=1S/C24H22FN3O4S2/c1-14-10-16(5-6-17(14)25)28-23(30)22-18(8-9-33-22)27-24(28)34-13-21(29)26-12-15-4-7-19(31-2)20(11-15)32-3/h4-11H,12-13H2,1-3H3,(H,26,29). The van der Waals surface area contributed by atoms with Gasteiger partial charge in [-0.15, -0.1) is 11.3 Å². The van der Waals surface area contributed by atoms with E-state index in [9.17, 15) is 14.0 Å². The van der Waals surface area contributed by atoms with Gasteiger partial charge < -0.3 is 14.8 Å². The van der Waals surface area contributed by atoms with Crippen LogP contribution in [0.2, 0.25) is 0 Å². The fourth-order valence-corrected chi connectivity index (χ4v) is 4.96. The molecule has 0 aliphatic rings. The highest BCUT2D eigenvalue weighted by molar-refractivity contribution is 7.99. The van der Waals surface area contributed by atoms with Gasteiger partial charge in [0.2, 0.25) is 5.91 Å². The van der Waals surface area contributed by atoms with E-state index in [4.69, 9.17) is 9.47 Å². The van der Waals surface area contributed by atoms with Crippen molar-refractivity contribution in [2.75, 3.05) is 20.0 Å². The molecule has 2 aromatic heterocycles. The average molecular weight is 500 g/mol. The van der Waals surface area contributed by atoms with Crippen molar-refractivity contribution < 1.29 is 18.7 Å². The lowest BCUT2D eigenvalue weighted by atomic mass is 10.2. The number of fused-ring (bicyclic) bond motifs is 1. The van der Waals surface area contributed by atoms with Crippen LogP contribution in [0, 0.1) is 12.7 Å². The highest BCUT2D eigenvalue weighted by Gasteiger charge is 2.16. The fourth-order valence-electron chi connectivity index (χ4n) is 3.36. The van der Waals surface area contributed by atoms with Crippen LogP contribution < -0.4 is 20.3 Å². The Labute approximate surface area is 203 Å². The number of carbonyl (C=O) groups excluding carboxylic acids is 1. The number of hydrogen-bond donors (Lipinski definition) is 1. The quantitative estimate of drug-likeness (QED) is 0.287. The van der Waals surface area contributed by atoms with E-state index < -0.39 is 0 Å². The van der Waals surface area contributed by atoms with Gasteiger partial charge in [0, 0.05) is 6.54 Å². The maximum Gasteiger partial charge on any atom is 0.276 e. The second-order valence-electron chi connectivity index (χ2n) is 7.36. The zero-order chi connectivity index (χ0) is 24.2. The van der Waals surface area contributed by atoms with Crippen molar-refractivity contribution in [1.82, 2.24) is 14.9 Å². The zero-order valence-corrected chi connectivity index (χ0v) is 20.4. The third kappa shape index (κ3) is 4.92. The van der Waals surface area contributed by atoms with Crippen LogP contribution in [0.4, 0.5) is 4.39 Å². The van der Waals surface area contributed by atoms with Crippen LogP contribution in [-0.2, 0) is 11.3 Å². The highest BCUT2D eigenvalue weighted by atomic mass is 32.2. The number of thioether (sulfide) groups is 1. The van der Waals surface area contributed by atoms with Gasteiger partial charge in [-0.25, -0.2) is 9.37 Å². The van der Waals surface area contributed by atoms with Gasteiger partial charge in [0.15, 0.2) is 16.7 Å². The predicted octanol–water partition coefficient (Wildman–Crippen LogP) is 4.32. The summed E-state index contributed by atoms with van der Waals surface area (Å²) in [4.78, 5) is 30.3. The summed E-state index contributed by atoms with van der Waals surface area (Å²) in [6.45, 7) is 1.94. The van der Waals surface area contributed by atoms with Crippen molar-refractivity contribution in [3.63, 3.8) is 0 Å². The minimum atomic E-state index is -0.356. The SMILES string of the molecule is COc1ccc(CNC(=O)CSc2nc3ccsc3c(=O)n2-c2ccc(F)c(C)c2)cc1OC. The molecule has 1 N–H and O–H groups in total. The van der Waals surface area contributed by atoms with Crippen LogP contribution in [-0.4, -0.2) is 35.4 Å². The van der Waals surface area contributed by atoms with Crippen molar-refractivity contribution in [2.24, 2.45) is 0 Å². The Hall–Kier alpha value is -3.37. The Bertz CT molecular complexity index is 1420. The van der Waals surface area contributed by atoms with Crippen molar-refractivity contribution in [1.29, 1.82) is 0 Å². The molecule has 0 saturated heterocycles. The second-order valence-corrected chi connectivity index (χ2v) is 9.22. The lowest BCUT2D eigenvalue weighted by molar-refractivity contribution is -0.118. The van der Waals surface area contributed by atoms with E-state index in [0.29, 0.717) is 44.7 Å². The Morgan fingerprint density at radius 1 is 1.15 bits per heavy atom. The molecule has 0 unspecified atom stereocenters. The number of nitrogens with zero attached hydrogens (tertiary/aromatic N) is 2. The molecule has 0 aliphatic heterocycles. The van der Waals surface area contributed by atoms with Crippen molar-refractivity contribution >= 4 is 39.2 Å². The summed E-state index contributed by atoms with van der Waals surface area (Å²) in [5.41, 5.74) is 2.09. The topological polar surface area (TPSA) is 82.5 Å². The molecule has 0 atom stereocenters. The molecule has 0 fully saturated rings. The first-order valence-electron chi connectivity index (χ1n) is 10.3. The average Bonchev–Trinajstić information content (AvgIpc) is 3.32. The number of aryl methyl sites for hydroxylation is 1. The Morgan fingerprint density at radius 3 is 2.68 bits per heavy atom. The molecule has 4 rings (SSSR count). The first kappa shape index (κ1) is 23.8. The molecular formula is C24H22FN3O4S2. The summed E-state index contributed by atoms with van der Waals surface area (Å²) >= 11 is 2.44. The van der Waals surface area contributed by atoms with Crippen molar-refractivity contribution in [2.45, 2.75) is 18.6 Å². The molecule has 2 aromatic carbocycles. The largest absolute Gasteiger partial charge is 0.493 e. The molecule has 4 aromatic rings. The molecule has 34 heavy (non-hydrogen) atoms. The lowest BCUT2D eigenvalue weighted by Crippen LogP contribution is -2.26. The van der Waals surface area contributed by atoms with Crippen LogP contribution in [0.3, 0.4) is 0 Å². The summed E-state index contributed by atoms with van der Waals surface area (Å²) < 4.78 is 26.3. The summed E-state index contributed by atoms with van der Waals surface area (Å²) in [6.07, 6.45) is 0. The van der Waals surface area contributed by atoms with Gasteiger partial charge in [0.25, 0.3) is 5.56 Å². The van der Waals surface area contributed by atoms with E-state index in [0.717, 1.165) is 17.3 Å². The maximum atomic E-state index is 13.8. The molecule has 0 aliphatic carbocycles. The molecule has 0 radical (unpaired) electrons. The Kier molecular flexibility index (Phi) is 7.18. The van der Waals surface area contributed by atoms with Crippen LogP contribution in [0.15, 0.2) is 57.8 Å². The van der Waals surface area contributed by atoms with Crippen LogP contribution in [0.1, 0.15) is 11.1 Å². The van der Waals surface area contributed by atoms with E-state index in [-0.39, 0.29) is 23.0 Å². The molecule has 10 heteroatoms. The van der Waals surface area contributed by atoms with E-state index in [1.807, 2.05) is 6.07 Å². The van der Waals surface area contributed by atoms with Crippen LogP contribution in [0.5, 0.6) is 11.5 Å². The molecule has 2 heterocycles. The number of rotatable bonds is 8. The molecule has 7 nitrogen and oxygen atoms in total. The zero-order valence-electron chi connectivity index (χ0n) is 18.8. The van der Waals surface area contributed by atoms with Gasteiger partial charge in [-0.05, 0) is 59.8 Å². The van der Waals surface area contributed by atoms with Gasteiger partial charge in [-0.3, -0.25) is 14.2 Å². The molecular weight excluding hydrogens is 477 g/mol. The van der Waals surface area contributed by atoms with E-state index in [1.54, 1.807) is 50.8 Å². The lowest BCUT2D eigenvalue weighted by Gasteiger charge is -2.13. The second kappa shape index (κ2) is 10.3. The molecule has 0 spiro atoms. The maximum absolute atomic E-state index is 13.8. The number of thiophene rings is 1. The third-order valence-corrected chi connectivity index (χ3v) is 6.95. The van der Waals surface area contributed by atoms with Crippen LogP contribution >= 0.6 is 23.1 Å². The van der Waals surface area contributed by atoms with Gasteiger partial charge in [0.05, 0.1) is 31.2 Å². The predicted molar refractivity (Wildman–Crippen MR) is 132 cm³/mol. The van der Waals surface area contributed by atoms with Gasteiger partial charge >= 0.3 is 0 Å². The molecule has 0 saturated carbocycles. The number of benzene rings is 2. The summed E-state index contributed by atoms with van der Waals surface area (Å²) in [5, 5.41) is 5.02. The van der Waals surface area contributed by atoms with Crippen molar-refractivity contribution in [3.8, 4) is 17.2 Å². The van der Waals surface area contributed by atoms with E-state index >= 15 is 0 Å². The summed E-state index contributed by atoms with van der Waals surface area (Å²) in [5.74, 6) is 0.662. The Morgan fingerprint density at radius 2 is 1.94 bits per heavy atom. The molecule has 0 bridgehead atoms. The first-order valence-corrected chi connectivity index (χ1v) is 12.1. The number of amides is 1. The minimum absolute atomic E-state index is 0.0511.